The van der Waals surface area contributed by atoms with Crippen molar-refractivity contribution in [1.82, 2.24) is 4.31 Å². The summed E-state index contributed by atoms with van der Waals surface area (Å²) < 4.78 is 39.8. The Morgan fingerprint density at radius 1 is 1.14 bits per heavy atom. The van der Waals surface area contributed by atoms with E-state index in [1.807, 2.05) is 30.3 Å². The summed E-state index contributed by atoms with van der Waals surface area (Å²) in [6.45, 7) is 3.53. The SMILES string of the molecule is C[C@@H](C(=O)Nc1cccc(F)c1)[NH+]1CCN(S(=O)(=O)/C=C/c2ccccc2)CC1. The number of rotatable bonds is 6. The molecular weight excluding hydrogens is 393 g/mol. The number of sulfonamides is 1. The number of hydrogen-bond donors (Lipinski definition) is 2. The Balaban J connectivity index is 1.55. The van der Waals surface area contributed by atoms with Gasteiger partial charge in [0.25, 0.3) is 5.91 Å². The van der Waals surface area contributed by atoms with E-state index in [0.29, 0.717) is 31.9 Å². The van der Waals surface area contributed by atoms with Crippen LogP contribution in [0.4, 0.5) is 10.1 Å². The molecule has 1 fully saturated rings. The van der Waals surface area contributed by atoms with Crippen LogP contribution in [0.5, 0.6) is 0 Å². The summed E-state index contributed by atoms with van der Waals surface area (Å²) in [5.74, 6) is -0.629. The molecule has 1 heterocycles. The number of amides is 1. The molecule has 2 N–H and O–H groups in total. The monoisotopic (exact) mass is 418 g/mol. The highest BCUT2D eigenvalue weighted by atomic mass is 32.2. The van der Waals surface area contributed by atoms with E-state index in [9.17, 15) is 17.6 Å². The highest BCUT2D eigenvalue weighted by Gasteiger charge is 2.32. The first-order chi connectivity index (χ1) is 13.8. The predicted molar refractivity (Wildman–Crippen MR) is 111 cm³/mol. The van der Waals surface area contributed by atoms with E-state index in [-0.39, 0.29) is 11.9 Å². The van der Waals surface area contributed by atoms with Crippen LogP contribution in [0.2, 0.25) is 0 Å². The van der Waals surface area contributed by atoms with Crippen LogP contribution in [0.25, 0.3) is 6.08 Å². The molecule has 154 valence electrons. The molecule has 0 radical (unpaired) electrons. The summed E-state index contributed by atoms with van der Waals surface area (Å²) in [7, 11) is -3.51. The van der Waals surface area contributed by atoms with Gasteiger partial charge in [0.2, 0.25) is 10.0 Å². The van der Waals surface area contributed by atoms with Gasteiger partial charge in [-0.25, -0.2) is 12.8 Å². The van der Waals surface area contributed by atoms with Gasteiger partial charge in [-0.05, 0) is 36.8 Å². The largest absolute Gasteiger partial charge is 0.323 e. The zero-order valence-electron chi connectivity index (χ0n) is 16.2. The summed E-state index contributed by atoms with van der Waals surface area (Å²) in [5.41, 5.74) is 1.23. The zero-order valence-corrected chi connectivity index (χ0v) is 17.0. The van der Waals surface area contributed by atoms with Crippen molar-refractivity contribution in [2.45, 2.75) is 13.0 Å². The minimum absolute atomic E-state index is 0.217. The maximum absolute atomic E-state index is 13.3. The average molecular weight is 419 g/mol. The van der Waals surface area contributed by atoms with Crippen molar-refractivity contribution < 1.29 is 22.5 Å². The second kappa shape index (κ2) is 9.30. The van der Waals surface area contributed by atoms with E-state index >= 15 is 0 Å². The number of halogens is 1. The second-order valence-electron chi connectivity index (χ2n) is 7.04. The van der Waals surface area contributed by atoms with E-state index in [0.717, 1.165) is 10.5 Å². The van der Waals surface area contributed by atoms with Gasteiger partial charge in [0, 0.05) is 11.1 Å². The quantitative estimate of drug-likeness (QED) is 0.744. The molecule has 0 saturated carbocycles. The molecule has 29 heavy (non-hydrogen) atoms. The molecule has 2 aromatic carbocycles. The molecule has 8 heteroatoms. The molecule has 2 aromatic rings. The van der Waals surface area contributed by atoms with Crippen LogP contribution in [0.3, 0.4) is 0 Å². The Bertz CT molecular complexity index is 972. The number of piperazine rings is 1. The summed E-state index contributed by atoms with van der Waals surface area (Å²) in [4.78, 5) is 13.5. The fourth-order valence-corrected chi connectivity index (χ4v) is 4.47. The lowest BCUT2D eigenvalue weighted by Gasteiger charge is -2.33. The molecule has 3 rings (SSSR count). The van der Waals surface area contributed by atoms with Crippen molar-refractivity contribution >= 4 is 27.7 Å². The number of anilines is 1. The van der Waals surface area contributed by atoms with Crippen molar-refractivity contribution in [3.63, 3.8) is 0 Å². The molecule has 0 spiro atoms. The minimum Gasteiger partial charge on any atom is -0.323 e. The number of carbonyl (C=O) groups is 1. The van der Waals surface area contributed by atoms with Crippen molar-refractivity contribution in [2.75, 3.05) is 31.5 Å². The molecule has 1 aliphatic heterocycles. The summed E-state index contributed by atoms with van der Waals surface area (Å²) in [5, 5.41) is 3.95. The van der Waals surface area contributed by atoms with Crippen LogP contribution in [-0.4, -0.2) is 50.9 Å². The molecule has 0 aliphatic carbocycles. The lowest BCUT2D eigenvalue weighted by atomic mass is 10.2. The fourth-order valence-electron chi connectivity index (χ4n) is 3.28. The number of quaternary nitrogens is 1. The highest BCUT2D eigenvalue weighted by Crippen LogP contribution is 2.10. The molecule has 1 atom stereocenters. The van der Waals surface area contributed by atoms with Gasteiger partial charge < -0.3 is 10.2 Å². The maximum atomic E-state index is 13.3. The fraction of sp³-hybridized carbons (Fsp3) is 0.286. The molecule has 0 bridgehead atoms. The van der Waals surface area contributed by atoms with E-state index in [1.54, 1.807) is 19.1 Å². The van der Waals surface area contributed by atoms with Gasteiger partial charge >= 0.3 is 0 Å². The lowest BCUT2D eigenvalue weighted by Crippen LogP contribution is -3.19. The molecule has 1 amide bonds. The molecule has 1 saturated heterocycles. The number of carbonyl (C=O) groups excluding carboxylic acids is 1. The first-order valence-electron chi connectivity index (χ1n) is 9.49. The van der Waals surface area contributed by atoms with E-state index < -0.39 is 15.8 Å². The Morgan fingerprint density at radius 3 is 2.48 bits per heavy atom. The van der Waals surface area contributed by atoms with Gasteiger partial charge in [-0.2, -0.15) is 4.31 Å². The third kappa shape index (κ3) is 5.72. The van der Waals surface area contributed by atoms with Gasteiger partial charge in [-0.1, -0.05) is 36.4 Å². The molecule has 6 nitrogen and oxygen atoms in total. The topological polar surface area (TPSA) is 70.9 Å². The second-order valence-corrected chi connectivity index (χ2v) is 8.86. The summed E-state index contributed by atoms with van der Waals surface area (Å²) in [6, 6.07) is 14.6. The van der Waals surface area contributed by atoms with Gasteiger partial charge in [0.15, 0.2) is 6.04 Å². The third-order valence-electron chi connectivity index (χ3n) is 5.05. The van der Waals surface area contributed by atoms with Crippen LogP contribution in [0, 0.1) is 5.82 Å². The standard InChI is InChI=1S/C21H24FN3O3S/c1-17(21(26)23-20-9-5-8-19(22)16-20)24-11-13-25(14-12-24)29(27,28)15-10-18-6-3-2-4-7-18/h2-10,15-17H,11-14H2,1H3,(H,23,26)/p+1/b15-10+/t17-/m0/s1. The first kappa shape index (κ1) is 21.2. The van der Waals surface area contributed by atoms with Crippen LogP contribution in [0.1, 0.15) is 12.5 Å². The van der Waals surface area contributed by atoms with Crippen LogP contribution < -0.4 is 10.2 Å². The smallest absolute Gasteiger partial charge is 0.282 e. The number of nitrogens with one attached hydrogen (secondary N) is 2. The lowest BCUT2D eigenvalue weighted by molar-refractivity contribution is -0.917. The van der Waals surface area contributed by atoms with Crippen molar-refractivity contribution in [3.8, 4) is 0 Å². The zero-order chi connectivity index (χ0) is 20.9. The number of benzene rings is 2. The van der Waals surface area contributed by atoms with Gasteiger partial charge in [-0.15, -0.1) is 0 Å². The van der Waals surface area contributed by atoms with Crippen LogP contribution >= 0.6 is 0 Å². The molecular formula is C21H25FN3O3S+. The number of nitrogens with zero attached hydrogens (tertiary/aromatic N) is 1. The van der Waals surface area contributed by atoms with Crippen molar-refractivity contribution in [2.24, 2.45) is 0 Å². The Kier molecular flexibility index (Phi) is 6.79. The summed E-state index contributed by atoms with van der Waals surface area (Å²) >= 11 is 0. The minimum atomic E-state index is -3.51. The van der Waals surface area contributed by atoms with Crippen molar-refractivity contribution in [3.05, 3.63) is 71.4 Å². The molecule has 1 aliphatic rings. The van der Waals surface area contributed by atoms with Crippen molar-refractivity contribution in [1.29, 1.82) is 0 Å². The van der Waals surface area contributed by atoms with E-state index in [4.69, 9.17) is 0 Å². The Morgan fingerprint density at radius 2 is 1.83 bits per heavy atom. The van der Waals surface area contributed by atoms with Crippen LogP contribution in [-0.2, 0) is 14.8 Å². The average Bonchev–Trinajstić information content (AvgIpc) is 2.72. The first-order valence-corrected chi connectivity index (χ1v) is 11.0. The van der Waals surface area contributed by atoms with Crippen LogP contribution in [0.15, 0.2) is 60.0 Å². The Hall–Kier alpha value is -2.55. The van der Waals surface area contributed by atoms with E-state index in [1.165, 1.54) is 27.9 Å². The number of hydrogen-bond acceptors (Lipinski definition) is 3. The maximum Gasteiger partial charge on any atom is 0.282 e. The van der Waals surface area contributed by atoms with E-state index in [2.05, 4.69) is 5.32 Å². The summed E-state index contributed by atoms with van der Waals surface area (Å²) in [6.07, 6.45) is 1.59. The normalized spacial score (nSPS) is 17.3. The predicted octanol–water partition coefficient (Wildman–Crippen LogP) is 1.35. The van der Waals surface area contributed by atoms with Gasteiger partial charge in [0.05, 0.1) is 26.2 Å². The highest BCUT2D eigenvalue weighted by molar-refractivity contribution is 7.92. The third-order valence-corrected chi connectivity index (χ3v) is 6.62. The van der Waals surface area contributed by atoms with Gasteiger partial charge in [0.1, 0.15) is 5.82 Å². The Labute approximate surface area is 170 Å². The van der Waals surface area contributed by atoms with Gasteiger partial charge in [-0.3, -0.25) is 4.79 Å². The molecule has 0 aromatic heterocycles. The molecule has 0 unspecified atom stereocenters.